The molecule has 0 amide bonds. The predicted molar refractivity (Wildman–Crippen MR) is 87.8 cm³/mol. The second kappa shape index (κ2) is 5.79. The molecular weight excluding hydrogens is 333 g/mol. The zero-order valence-corrected chi connectivity index (χ0v) is 14.2. The molecule has 24 heavy (non-hydrogen) atoms. The van der Waals surface area contributed by atoms with Gasteiger partial charge in [-0.2, -0.15) is 13.2 Å². The number of alkyl halides is 3. The molecule has 5 rings (SSSR count). The van der Waals surface area contributed by atoms with E-state index < -0.39 is 16.7 Å². The van der Waals surface area contributed by atoms with E-state index in [0.29, 0.717) is 11.8 Å². The van der Waals surface area contributed by atoms with Gasteiger partial charge in [0.2, 0.25) is 5.78 Å². The molecule has 4 saturated carbocycles. The molecule has 0 saturated heterocycles. The standard InChI is InChI=1S/C19H21F3OS/c20-19(21,22)17(23)11-18(24-16-4-2-1-3-5-16)14-7-12-6-13(9-14)10-15(18)8-12/h1-5,12-15H,6-11H2. The van der Waals surface area contributed by atoms with Crippen molar-refractivity contribution in [2.75, 3.05) is 0 Å². The van der Waals surface area contributed by atoms with Gasteiger partial charge in [0.25, 0.3) is 0 Å². The number of ketones is 1. The Bertz CT molecular complexity index is 597. The van der Waals surface area contributed by atoms with Crippen LogP contribution < -0.4 is 0 Å². The Hall–Kier alpha value is -0.970. The van der Waals surface area contributed by atoms with Gasteiger partial charge in [0.15, 0.2) is 0 Å². The number of hydrogen-bond donors (Lipinski definition) is 0. The van der Waals surface area contributed by atoms with Crippen LogP contribution in [0.5, 0.6) is 0 Å². The third-order valence-electron chi connectivity index (χ3n) is 6.32. The lowest BCUT2D eigenvalue weighted by Gasteiger charge is -2.61. The van der Waals surface area contributed by atoms with Gasteiger partial charge >= 0.3 is 6.18 Å². The number of Topliss-reactive ketones (excluding diaryl/α,β-unsaturated/α-hetero) is 1. The second-order valence-corrected chi connectivity index (χ2v) is 9.21. The molecule has 4 bridgehead atoms. The summed E-state index contributed by atoms with van der Waals surface area (Å²) in [5, 5.41) is 0. The molecular formula is C19H21F3OS. The van der Waals surface area contributed by atoms with Gasteiger partial charge in [-0.25, -0.2) is 0 Å². The van der Waals surface area contributed by atoms with Crippen LogP contribution in [0.15, 0.2) is 35.2 Å². The lowest BCUT2D eigenvalue weighted by Crippen LogP contribution is -2.57. The van der Waals surface area contributed by atoms with E-state index in [0.717, 1.165) is 30.6 Å². The number of thioether (sulfide) groups is 1. The molecule has 0 heterocycles. The molecule has 4 aliphatic carbocycles. The van der Waals surface area contributed by atoms with Gasteiger partial charge < -0.3 is 0 Å². The third kappa shape index (κ3) is 2.79. The largest absolute Gasteiger partial charge is 0.450 e. The summed E-state index contributed by atoms with van der Waals surface area (Å²) in [6.07, 6.45) is 0.155. The summed E-state index contributed by atoms with van der Waals surface area (Å²) in [5.74, 6) is 0.268. The highest BCUT2D eigenvalue weighted by atomic mass is 32.2. The Morgan fingerprint density at radius 1 is 1.00 bits per heavy atom. The van der Waals surface area contributed by atoms with Crippen LogP contribution in [-0.4, -0.2) is 16.7 Å². The number of benzene rings is 1. The Kier molecular flexibility index (Phi) is 3.98. The van der Waals surface area contributed by atoms with E-state index in [4.69, 9.17) is 0 Å². The average molecular weight is 354 g/mol. The van der Waals surface area contributed by atoms with Crippen molar-refractivity contribution in [1.29, 1.82) is 0 Å². The average Bonchev–Trinajstić information content (AvgIpc) is 2.51. The Balaban J connectivity index is 1.68. The van der Waals surface area contributed by atoms with Crippen LogP contribution in [0.3, 0.4) is 0 Å². The van der Waals surface area contributed by atoms with Crippen molar-refractivity contribution >= 4 is 17.5 Å². The molecule has 4 aliphatic rings. The molecule has 0 unspecified atom stereocenters. The van der Waals surface area contributed by atoms with Crippen LogP contribution in [0, 0.1) is 23.7 Å². The van der Waals surface area contributed by atoms with Gasteiger partial charge in [0, 0.05) is 16.1 Å². The first-order chi connectivity index (χ1) is 11.4. The summed E-state index contributed by atoms with van der Waals surface area (Å²) in [5.41, 5.74) is 0. The van der Waals surface area contributed by atoms with Crippen molar-refractivity contribution in [1.82, 2.24) is 0 Å². The number of halogens is 3. The molecule has 1 aromatic carbocycles. The second-order valence-electron chi connectivity index (χ2n) is 7.77. The molecule has 4 fully saturated rings. The molecule has 0 spiro atoms. The Labute approximate surface area is 144 Å². The van der Waals surface area contributed by atoms with E-state index in [1.54, 1.807) is 11.8 Å². The van der Waals surface area contributed by atoms with Crippen molar-refractivity contribution in [2.24, 2.45) is 23.7 Å². The maximum Gasteiger partial charge on any atom is 0.450 e. The van der Waals surface area contributed by atoms with Crippen LogP contribution in [-0.2, 0) is 4.79 Å². The Morgan fingerprint density at radius 2 is 1.54 bits per heavy atom. The molecule has 1 aromatic rings. The van der Waals surface area contributed by atoms with E-state index in [9.17, 15) is 18.0 Å². The van der Waals surface area contributed by atoms with E-state index in [1.807, 2.05) is 30.3 Å². The molecule has 0 atom stereocenters. The van der Waals surface area contributed by atoms with Gasteiger partial charge in [-0.3, -0.25) is 4.79 Å². The van der Waals surface area contributed by atoms with Crippen LogP contribution in [0.2, 0.25) is 0 Å². The van der Waals surface area contributed by atoms with Crippen LogP contribution in [0.25, 0.3) is 0 Å². The van der Waals surface area contributed by atoms with Gasteiger partial charge in [-0.15, -0.1) is 11.8 Å². The third-order valence-corrected chi connectivity index (χ3v) is 8.02. The molecule has 0 N–H and O–H groups in total. The zero-order valence-electron chi connectivity index (χ0n) is 13.4. The van der Waals surface area contributed by atoms with Crippen molar-refractivity contribution < 1.29 is 18.0 Å². The molecule has 0 aliphatic heterocycles. The summed E-state index contributed by atoms with van der Waals surface area (Å²) in [6.45, 7) is 0. The Morgan fingerprint density at radius 3 is 2.04 bits per heavy atom. The van der Waals surface area contributed by atoms with E-state index in [1.165, 1.54) is 6.42 Å². The van der Waals surface area contributed by atoms with Gasteiger partial charge in [0.05, 0.1) is 0 Å². The quantitative estimate of drug-likeness (QED) is 0.711. The summed E-state index contributed by atoms with van der Waals surface area (Å²) >= 11 is 1.55. The fourth-order valence-corrected chi connectivity index (χ4v) is 7.19. The highest BCUT2D eigenvalue weighted by Crippen LogP contribution is 2.65. The van der Waals surface area contributed by atoms with Crippen molar-refractivity contribution in [3.63, 3.8) is 0 Å². The first kappa shape index (κ1) is 16.5. The van der Waals surface area contributed by atoms with Crippen molar-refractivity contribution in [3.8, 4) is 0 Å². The first-order valence-corrected chi connectivity index (χ1v) is 9.52. The van der Waals surface area contributed by atoms with E-state index in [-0.39, 0.29) is 18.3 Å². The smallest absolute Gasteiger partial charge is 0.290 e. The summed E-state index contributed by atoms with van der Waals surface area (Å²) in [4.78, 5) is 12.9. The van der Waals surface area contributed by atoms with E-state index in [2.05, 4.69) is 0 Å². The van der Waals surface area contributed by atoms with E-state index >= 15 is 0 Å². The van der Waals surface area contributed by atoms with Gasteiger partial charge in [-0.1, -0.05) is 18.2 Å². The maximum absolute atomic E-state index is 13.0. The highest BCUT2D eigenvalue weighted by molar-refractivity contribution is 8.00. The van der Waals surface area contributed by atoms with Crippen LogP contribution >= 0.6 is 11.8 Å². The number of hydrogen-bond acceptors (Lipinski definition) is 2. The minimum Gasteiger partial charge on any atom is -0.290 e. The minimum absolute atomic E-state index is 0.241. The van der Waals surface area contributed by atoms with Gasteiger partial charge in [-0.05, 0) is 67.9 Å². The lowest BCUT2D eigenvalue weighted by molar-refractivity contribution is -0.173. The molecule has 1 nitrogen and oxygen atoms in total. The predicted octanol–water partition coefficient (Wildman–Crippen LogP) is 5.50. The number of carbonyl (C=O) groups excluding carboxylic acids is 1. The first-order valence-electron chi connectivity index (χ1n) is 8.71. The summed E-state index contributed by atoms with van der Waals surface area (Å²) in [6, 6.07) is 9.65. The lowest BCUT2D eigenvalue weighted by atomic mass is 9.50. The topological polar surface area (TPSA) is 17.1 Å². The number of carbonyl (C=O) groups is 1. The maximum atomic E-state index is 13.0. The molecule has 130 valence electrons. The van der Waals surface area contributed by atoms with Crippen LogP contribution in [0.1, 0.15) is 38.5 Å². The normalized spacial score (nSPS) is 37.6. The van der Waals surface area contributed by atoms with Gasteiger partial charge in [0.1, 0.15) is 0 Å². The SMILES string of the molecule is O=C(CC1(Sc2ccccc2)C2CC3CC(C2)CC1C3)C(F)(F)F. The summed E-state index contributed by atoms with van der Waals surface area (Å²) < 4.78 is 38.5. The highest BCUT2D eigenvalue weighted by Gasteiger charge is 2.60. The van der Waals surface area contributed by atoms with Crippen LogP contribution in [0.4, 0.5) is 13.2 Å². The zero-order chi connectivity index (χ0) is 16.9. The fraction of sp³-hybridized carbons (Fsp3) is 0.632. The van der Waals surface area contributed by atoms with Crippen molar-refractivity contribution in [3.05, 3.63) is 30.3 Å². The number of rotatable bonds is 4. The monoisotopic (exact) mass is 354 g/mol. The van der Waals surface area contributed by atoms with Crippen molar-refractivity contribution in [2.45, 2.75) is 54.3 Å². The molecule has 0 radical (unpaired) electrons. The fourth-order valence-electron chi connectivity index (χ4n) is 5.53. The molecule has 5 heteroatoms. The summed E-state index contributed by atoms with van der Waals surface area (Å²) in [7, 11) is 0. The molecule has 0 aromatic heterocycles. The minimum atomic E-state index is -4.72.